The van der Waals surface area contributed by atoms with Crippen molar-refractivity contribution in [3.05, 3.63) is 57.6 Å². The molecule has 138 valence electrons. The van der Waals surface area contributed by atoms with Crippen LogP contribution in [0.1, 0.15) is 23.6 Å². The molecule has 0 bridgehead atoms. The molecule has 2 aromatic rings. The number of benzene rings is 2. The van der Waals surface area contributed by atoms with Crippen LogP contribution in [0.2, 0.25) is 0 Å². The third-order valence-corrected chi connectivity index (χ3v) is 6.06. The molecular weight excluding hydrogens is 412 g/mol. The Balaban J connectivity index is 2.02. The van der Waals surface area contributed by atoms with E-state index >= 15 is 0 Å². The van der Waals surface area contributed by atoms with E-state index in [0.29, 0.717) is 12.3 Å². The molecule has 0 radical (unpaired) electrons. The number of para-hydroxylation sites is 1. The summed E-state index contributed by atoms with van der Waals surface area (Å²) in [5.41, 5.74) is 3.95. The second-order valence-electron chi connectivity index (χ2n) is 6.24. The van der Waals surface area contributed by atoms with Gasteiger partial charge in [0.2, 0.25) is 11.8 Å². The van der Waals surface area contributed by atoms with Crippen molar-refractivity contribution in [2.24, 2.45) is 0 Å². The van der Waals surface area contributed by atoms with Crippen LogP contribution in [0, 0.1) is 13.8 Å². The van der Waals surface area contributed by atoms with E-state index in [1.807, 2.05) is 38.1 Å². The molecule has 0 saturated heterocycles. The Morgan fingerprint density at radius 2 is 1.85 bits per heavy atom. The predicted molar refractivity (Wildman–Crippen MR) is 112 cm³/mol. The van der Waals surface area contributed by atoms with Gasteiger partial charge in [0.15, 0.2) is 0 Å². The second-order valence-corrected chi connectivity index (χ2v) is 8.11. The standard InChI is InChI=1S/C20H23BrN2O2S/c1-13-10-19(14(2)9-17(13)21)26-12-20(25)22-18-8-6-5-7-16(18)11-23(4)15(3)24/h5-10H,11-12H2,1-4H3,(H,22,25). The summed E-state index contributed by atoms with van der Waals surface area (Å²) in [6.45, 7) is 6.07. The Bertz CT molecular complexity index is 823. The van der Waals surface area contributed by atoms with Crippen LogP contribution in [0.25, 0.3) is 0 Å². The molecule has 0 fully saturated rings. The quantitative estimate of drug-likeness (QED) is 0.665. The van der Waals surface area contributed by atoms with Crippen molar-refractivity contribution < 1.29 is 9.59 Å². The zero-order valence-corrected chi connectivity index (χ0v) is 17.8. The fourth-order valence-corrected chi connectivity index (χ4v) is 3.75. The van der Waals surface area contributed by atoms with Gasteiger partial charge in [-0.2, -0.15) is 0 Å². The van der Waals surface area contributed by atoms with E-state index < -0.39 is 0 Å². The third-order valence-electron chi connectivity index (χ3n) is 4.05. The number of carbonyl (C=O) groups excluding carboxylic acids is 2. The van der Waals surface area contributed by atoms with Crippen molar-refractivity contribution in [2.45, 2.75) is 32.2 Å². The zero-order valence-electron chi connectivity index (χ0n) is 15.4. The first-order chi connectivity index (χ1) is 12.3. The lowest BCUT2D eigenvalue weighted by Crippen LogP contribution is -2.24. The minimum atomic E-state index is -0.0621. The molecule has 6 heteroatoms. The van der Waals surface area contributed by atoms with Crippen molar-refractivity contribution in [2.75, 3.05) is 18.1 Å². The van der Waals surface area contributed by atoms with Gasteiger partial charge in [0.1, 0.15) is 0 Å². The summed E-state index contributed by atoms with van der Waals surface area (Å²) in [6.07, 6.45) is 0. The van der Waals surface area contributed by atoms with Gasteiger partial charge in [-0.1, -0.05) is 34.1 Å². The number of amides is 2. The zero-order chi connectivity index (χ0) is 19.3. The normalized spacial score (nSPS) is 10.5. The summed E-state index contributed by atoms with van der Waals surface area (Å²) >= 11 is 5.05. The number of aryl methyl sites for hydroxylation is 2. The molecule has 0 aliphatic heterocycles. The molecule has 0 atom stereocenters. The number of hydrogen-bond acceptors (Lipinski definition) is 3. The molecule has 0 aromatic heterocycles. The molecular formula is C20H23BrN2O2S. The maximum Gasteiger partial charge on any atom is 0.234 e. The van der Waals surface area contributed by atoms with Crippen LogP contribution in [0.3, 0.4) is 0 Å². The van der Waals surface area contributed by atoms with E-state index in [1.165, 1.54) is 18.7 Å². The first-order valence-electron chi connectivity index (χ1n) is 8.27. The summed E-state index contributed by atoms with van der Waals surface area (Å²) in [5.74, 6) is 0.259. The third kappa shape index (κ3) is 5.61. The molecule has 2 rings (SSSR count). The fourth-order valence-electron chi connectivity index (χ4n) is 2.39. The Morgan fingerprint density at radius 1 is 1.15 bits per heavy atom. The fraction of sp³-hybridized carbons (Fsp3) is 0.300. The van der Waals surface area contributed by atoms with E-state index in [0.717, 1.165) is 31.7 Å². The lowest BCUT2D eigenvalue weighted by molar-refractivity contribution is -0.128. The van der Waals surface area contributed by atoms with Gasteiger partial charge in [0.25, 0.3) is 0 Å². The SMILES string of the molecule is CC(=O)N(C)Cc1ccccc1NC(=O)CSc1cc(C)c(Br)cc1C. The van der Waals surface area contributed by atoms with Gasteiger partial charge >= 0.3 is 0 Å². The summed E-state index contributed by atoms with van der Waals surface area (Å²) in [5, 5.41) is 2.96. The highest BCUT2D eigenvalue weighted by Gasteiger charge is 2.11. The molecule has 2 aromatic carbocycles. The van der Waals surface area contributed by atoms with E-state index in [1.54, 1.807) is 11.9 Å². The van der Waals surface area contributed by atoms with Gasteiger partial charge in [0, 0.05) is 35.6 Å². The minimum Gasteiger partial charge on any atom is -0.342 e. The summed E-state index contributed by atoms with van der Waals surface area (Å²) < 4.78 is 1.08. The summed E-state index contributed by atoms with van der Waals surface area (Å²) in [4.78, 5) is 26.6. The van der Waals surface area contributed by atoms with Crippen molar-refractivity contribution in [1.29, 1.82) is 0 Å². The predicted octanol–water partition coefficient (Wildman–Crippen LogP) is 4.78. The van der Waals surface area contributed by atoms with Gasteiger partial charge in [-0.3, -0.25) is 9.59 Å². The largest absolute Gasteiger partial charge is 0.342 e. The highest BCUT2D eigenvalue weighted by molar-refractivity contribution is 9.10. The lowest BCUT2D eigenvalue weighted by Gasteiger charge is -2.18. The molecule has 2 amide bonds. The number of rotatable bonds is 6. The minimum absolute atomic E-state index is 0.0113. The van der Waals surface area contributed by atoms with Crippen molar-refractivity contribution in [3.63, 3.8) is 0 Å². The average molecular weight is 435 g/mol. The van der Waals surface area contributed by atoms with Crippen LogP contribution in [0.5, 0.6) is 0 Å². The van der Waals surface area contributed by atoms with Gasteiger partial charge in [-0.05, 0) is 48.7 Å². The van der Waals surface area contributed by atoms with Gasteiger partial charge in [0.05, 0.1) is 5.75 Å². The number of nitrogens with zero attached hydrogens (tertiary/aromatic N) is 1. The van der Waals surface area contributed by atoms with E-state index in [4.69, 9.17) is 0 Å². The Hall–Kier alpha value is -1.79. The van der Waals surface area contributed by atoms with Crippen LogP contribution >= 0.6 is 27.7 Å². The van der Waals surface area contributed by atoms with Crippen molar-refractivity contribution in [3.8, 4) is 0 Å². The number of carbonyl (C=O) groups is 2. The number of halogens is 1. The van der Waals surface area contributed by atoms with Crippen LogP contribution in [-0.2, 0) is 16.1 Å². The second kappa shape index (κ2) is 9.24. The molecule has 1 N–H and O–H groups in total. The van der Waals surface area contributed by atoms with Gasteiger partial charge in [-0.15, -0.1) is 11.8 Å². The molecule has 0 aliphatic carbocycles. The van der Waals surface area contributed by atoms with Crippen molar-refractivity contribution in [1.82, 2.24) is 4.90 Å². The molecule has 0 aliphatic rings. The molecule has 0 heterocycles. The number of nitrogens with one attached hydrogen (secondary N) is 1. The van der Waals surface area contributed by atoms with E-state index in [2.05, 4.69) is 33.4 Å². The molecule has 0 spiro atoms. The van der Waals surface area contributed by atoms with E-state index in [9.17, 15) is 9.59 Å². The lowest BCUT2D eigenvalue weighted by atomic mass is 10.1. The highest BCUT2D eigenvalue weighted by atomic mass is 79.9. The van der Waals surface area contributed by atoms with Crippen LogP contribution in [0.15, 0.2) is 45.8 Å². The van der Waals surface area contributed by atoms with Crippen LogP contribution in [0.4, 0.5) is 5.69 Å². The average Bonchev–Trinajstić information content (AvgIpc) is 2.58. The summed E-state index contributed by atoms with van der Waals surface area (Å²) in [6, 6.07) is 11.7. The first kappa shape index (κ1) is 20.5. The molecule has 26 heavy (non-hydrogen) atoms. The van der Waals surface area contributed by atoms with Crippen molar-refractivity contribution >= 4 is 45.2 Å². The topological polar surface area (TPSA) is 49.4 Å². The van der Waals surface area contributed by atoms with Gasteiger partial charge in [-0.25, -0.2) is 0 Å². The highest BCUT2D eigenvalue weighted by Crippen LogP contribution is 2.28. The Kier molecular flexibility index (Phi) is 7.29. The molecule has 0 unspecified atom stereocenters. The van der Waals surface area contributed by atoms with Crippen LogP contribution < -0.4 is 5.32 Å². The van der Waals surface area contributed by atoms with E-state index in [-0.39, 0.29) is 11.8 Å². The molecule has 0 saturated carbocycles. The Labute approximate surface area is 167 Å². The maximum absolute atomic E-state index is 12.4. The van der Waals surface area contributed by atoms with Gasteiger partial charge < -0.3 is 10.2 Å². The summed E-state index contributed by atoms with van der Waals surface area (Å²) in [7, 11) is 1.75. The number of anilines is 1. The van der Waals surface area contributed by atoms with Crippen LogP contribution in [-0.4, -0.2) is 29.5 Å². The Morgan fingerprint density at radius 3 is 2.54 bits per heavy atom. The molecule has 4 nitrogen and oxygen atoms in total. The smallest absolute Gasteiger partial charge is 0.234 e. The monoisotopic (exact) mass is 434 g/mol. The first-order valence-corrected chi connectivity index (χ1v) is 10.0. The number of hydrogen-bond donors (Lipinski definition) is 1. The number of thioether (sulfide) groups is 1. The maximum atomic E-state index is 12.4.